The number of hydrogen-bond acceptors (Lipinski definition) is 2. The van der Waals surface area contributed by atoms with Gasteiger partial charge in [-0.15, -0.1) is 0 Å². The topological polar surface area (TPSA) is 46.9 Å². The Morgan fingerprint density at radius 3 is 2.35 bits per heavy atom. The second-order valence-corrected chi connectivity index (χ2v) is 5.19. The van der Waals surface area contributed by atoms with E-state index in [9.17, 15) is 18.0 Å². The van der Waals surface area contributed by atoms with E-state index in [1.165, 1.54) is 16.8 Å². The van der Waals surface area contributed by atoms with Crippen LogP contribution in [0.2, 0.25) is 0 Å². The first-order chi connectivity index (χ1) is 9.27. The first kappa shape index (κ1) is 14.8. The van der Waals surface area contributed by atoms with Crippen molar-refractivity contribution in [3.8, 4) is 0 Å². The van der Waals surface area contributed by atoms with Gasteiger partial charge < -0.3 is 5.32 Å². The molecule has 2 rings (SSSR count). The first-order valence-corrected chi connectivity index (χ1v) is 6.53. The number of aryl methyl sites for hydroxylation is 1. The quantitative estimate of drug-likeness (QED) is 0.794. The molecule has 1 aromatic carbocycles. The molecule has 0 unspecified atom stereocenters. The lowest BCUT2D eigenvalue weighted by Gasteiger charge is -2.08. The highest BCUT2D eigenvalue weighted by Gasteiger charge is 2.30. The molecule has 8 heteroatoms. The summed E-state index contributed by atoms with van der Waals surface area (Å²) in [5.41, 5.74) is -0.250. The number of carbonyl (C=O) groups is 1. The summed E-state index contributed by atoms with van der Waals surface area (Å²) >= 11 is 1.96. The third-order valence-corrected chi connectivity index (χ3v) is 3.26. The molecule has 0 saturated heterocycles. The van der Waals surface area contributed by atoms with Crippen molar-refractivity contribution >= 4 is 34.2 Å². The fourth-order valence-electron chi connectivity index (χ4n) is 1.55. The molecule has 1 heterocycles. The van der Waals surface area contributed by atoms with Crippen molar-refractivity contribution in [3.05, 3.63) is 45.3 Å². The number of aromatic nitrogens is 2. The highest BCUT2D eigenvalue weighted by atomic mass is 127. The number of benzene rings is 1. The molecule has 1 aromatic heterocycles. The average molecular weight is 395 g/mol. The molecular weight excluding hydrogens is 386 g/mol. The van der Waals surface area contributed by atoms with E-state index in [0.29, 0.717) is 3.57 Å². The highest BCUT2D eigenvalue weighted by Crippen LogP contribution is 2.29. The number of anilines is 1. The Balaban J connectivity index is 2.14. The summed E-state index contributed by atoms with van der Waals surface area (Å²) in [4.78, 5) is 11.9. The molecule has 0 aliphatic heterocycles. The molecule has 106 valence electrons. The van der Waals surface area contributed by atoms with Crippen LogP contribution in [0.1, 0.15) is 16.1 Å². The lowest BCUT2D eigenvalue weighted by molar-refractivity contribution is -0.137. The summed E-state index contributed by atoms with van der Waals surface area (Å²) in [6.45, 7) is 0. The monoisotopic (exact) mass is 395 g/mol. The maximum absolute atomic E-state index is 12.4. The van der Waals surface area contributed by atoms with Crippen LogP contribution in [0.15, 0.2) is 30.5 Å². The number of hydrogen-bond donors (Lipinski definition) is 1. The molecule has 4 nitrogen and oxygen atoms in total. The molecule has 0 spiro atoms. The fraction of sp³-hybridized carbons (Fsp3) is 0.167. The predicted molar refractivity (Wildman–Crippen MR) is 75.3 cm³/mol. The zero-order chi connectivity index (χ0) is 14.9. The maximum Gasteiger partial charge on any atom is 0.416 e. The number of rotatable bonds is 2. The molecule has 0 atom stereocenters. The lowest BCUT2D eigenvalue weighted by atomic mass is 10.2. The molecule has 0 saturated carbocycles. The van der Waals surface area contributed by atoms with Gasteiger partial charge in [-0.1, -0.05) is 0 Å². The van der Waals surface area contributed by atoms with Crippen LogP contribution in [0.3, 0.4) is 0 Å². The average Bonchev–Trinajstić information content (AvgIpc) is 2.68. The van der Waals surface area contributed by atoms with Gasteiger partial charge in [-0.05, 0) is 46.9 Å². The zero-order valence-corrected chi connectivity index (χ0v) is 12.4. The fourth-order valence-corrected chi connectivity index (χ4v) is 2.30. The van der Waals surface area contributed by atoms with Crippen LogP contribution in [0.5, 0.6) is 0 Å². The number of nitrogens with zero attached hydrogens (tertiary/aromatic N) is 2. The highest BCUT2D eigenvalue weighted by molar-refractivity contribution is 14.1. The van der Waals surface area contributed by atoms with Gasteiger partial charge in [0, 0.05) is 18.9 Å². The Morgan fingerprint density at radius 1 is 1.30 bits per heavy atom. The Labute approximate surface area is 126 Å². The summed E-state index contributed by atoms with van der Waals surface area (Å²) in [6, 6.07) is 4.24. The minimum Gasteiger partial charge on any atom is -0.321 e. The Morgan fingerprint density at radius 2 is 1.90 bits per heavy atom. The summed E-state index contributed by atoms with van der Waals surface area (Å²) in [6.07, 6.45) is -2.72. The SMILES string of the molecule is Cn1cc(I)c(C(=O)Nc2ccc(C(F)(F)F)cc2)n1. The second kappa shape index (κ2) is 5.43. The van der Waals surface area contributed by atoms with E-state index in [1.807, 2.05) is 22.6 Å². The van der Waals surface area contributed by atoms with Gasteiger partial charge in [0.05, 0.1) is 9.13 Å². The smallest absolute Gasteiger partial charge is 0.321 e. The summed E-state index contributed by atoms with van der Waals surface area (Å²) in [7, 11) is 1.68. The number of halogens is 4. The number of alkyl halides is 3. The van der Waals surface area contributed by atoms with Crippen molar-refractivity contribution < 1.29 is 18.0 Å². The number of carbonyl (C=O) groups excluding carboxylic acids is 1. The van der Waals surface area contributed by atoms with E-state index in [0.717, 1.165) is 12.1 Å². The van der Waals surface area contributed by atoms with Crippen LogP contribution >= 0.6 is 22.6 Å². The number of nitrogens with one attached hydrogen (secondary N) is 1. The molecule has 2 aromatic rings. The molecule has 20 heavy (non-hydrogen) atoms. The van der Waals surface area contributed by atoms with Crippen LogP contribution in [0.25, 0.3) is 0 Å². The van der Waals surface area contributed by atoms with E-state index >= 15 is 0 Å². The third kappa shape index (κ3) is 3.30. The van der Waals surface area contributed by atoms with Crippen LogP contribution in [-0.2, 0) is 13.2 Å². The Bertz CT molecular complexity index is 634. The second-order valence-electron chi connectivity index (χ2n) is 4.03. The normalized spacial score (nSPS) is 11.4. The minimum atomic E-state index is -4.39. The van der Waals surface area contributed by atoms with Crippen LogP contribution in [0, 0.1) is 3.57 Å². The van der Waals surface area contributed by atoms with E-state index in [-0.39, 0.29) is 11.4 Å². The summed E-state index contributed by atoms with van der Waals surface area (Å²) in [5.74, 6) is -0.463. The van der Waals surface area contributed by atoms with Gasteiger partial charge in [-0.25, -0.2) is 0 Å². The van der Waals surface area contributed by atoms with E-state index < -0.39 is 17.6 Å². The Kier molecular flexibility index (Phi) is 4.02. The van der Waals surface area contributed by atoms with E-state index in [4.69, 9.17) is 0 Å². The lowest BCUT2D eigenvalue weighted by Crippen LogP contribution is -2.14. The molecular formula is C12H9F3IN3O. The minimum absolute atomic E-state index is 0.230. The van der Waals surface area contributed by atoms with Crippen molar-refractivity contribution in [1.29, 1.82) is 0 Å². The van der Waals surface area contributed by atoms with Gasteiger partial charge >= 0.3 is 6.18 Å². The van der Waals surface area contributed by atoms with Gasteiger partial charge in [0.25, 0.3) is 5.91 Å². The van der Waals surface area contributed by atoms with Gasteiger partial charge in [0.2, 0.25) is 0 Å². The van der Waals surface area contributed by atoms with Gasteiger partial charge in [-0.3, -0.25) is 9.48 Å². The van der Waals surface area contributed by atoms with Gasteiger partial charge in [0.1, 0.15) is 0 Å². The molecule has 1 amide bonds. The van der Waals surface area contributed by atoms with Crippen molar-refractivity contribution in [2.24, 2.45) is 7.05 Å². The van der Waals surface area contributed by atoms with E-state index in [2.05, 4.69) is 10.4 Å². The van der Waals surface area contributed by atoms with Gasteiger partial charge in [0.15, 0.2) is 5.69 Å². The van der Waals surface area contributed by atoms with Crippen molar-refractivity contribution in [2.45, 2.75) is 6.18 Å². The van der Waals surface area contributed by atoms with Crippen LogP contribution in [0.4, 0.5) is 18.9 Å². The molecule has 0 aliphatic rings. The summed E-state index contributed by atoms with van der Waals surface area (Å²) < 4.78 is 39.4. The largest absolute Gasteiger partial charge is 0.416 e. The summed E-state index contributed by atoms with van der Waals surface area (Å²) in [5, 5.41) is 6.48. The third-order valence-electron chi connectivity index (χ3n) is 2.47. The number of amides is 1. The first-order valence-electron chi connectivity index (χ1n) is 5.45. The van der Waals surface area contributed by atoms with Crippen molar-refractivity contribution in [3.63, 3.8) is 0 Å². The zero-order valence-electron chi connectivity index (χ0n) is 10.2. The predicted octanol–water partition coefficient (Wildman–Crippen LogP) is 3.30. The van der Waals surface area contributed by atoms with Crippen LogP contribution in [-0.4, -0.2) is 15.7 Å². The van der Waals surface area contributed by atoms with Crippen molar-refractivity contribution in [1.82, 2.24) is 9.78 Å². The molecule has 0 bridgehead atoms. The maximum atomic E-state index is 12.4. The van der Waals surface area contributed by atoms with Crippen molar-refractivity contribution in [2.75, 3.05) is 5.32 Å². The Hall–Kier alpha value is -1.58. The van der Waals surface area contributed by atoms with E-state index in [1.54, 1.807) is 13.2 Å². The van der Waals surface area contributed by atoms with Gasteiger partial charge in [-0.2, -0.15) is 18.3 Å². The molecule has 0 aliphatic carbocycles. The standard InChI is InChI=1S/C12H9F3IN3O/c1-19-6-9(16)10(18-19)11(20)17-8-4-2-7(3-5-8)12(13,14)15/h2-6H,1H3,(H,17,20). The molecule has 0 fully saturated rings. The molecule has 1 N–H and O–H groups in total. The molecule has 0 radical (unpaired) electrons. The van der Waals surface area contributed by atoms with Crippen LogP contribution < -0.4 is 5.32 Å².